The van der Waals surface area contributed by atoms with Crippen molar-refractivity contribution in [2.24, 2.45) is 4.99 Å². The van der Waals surface area contributed by atoms with Gasteiger partial charge in [0.15, 0.2) is 5.96 Å². The fourth-order valence-corrected chi connectivity index (χ4v) is 3.05. The van der Waals surface area contributed by atoms with E-state index in [0.717, 1.165) is 37.2 Å². The van der Waals surface area contributed by atoms with Crippen LogP contribution >= 0.6 is 0 Å². The molecule has 1 aromatic heterocycles. The molecule has 27 heavy (non-hydrogen) atoms. The Balaban J connectivity index is 1.50. The molecule has 2 heterocycles. The maximum atomic E-state index is 5.71. The first-order chi connectivity index (χ1) is 13.3. The van der Waals surface area contributed by atoms with Gasteiger partial charge in [0.2, 0.25) is 0 Å². The smallest absolute Gasteiger partial charge is 0.191 e. The van der Waals surface area contributed by atoms with Gasteiger partial charge in [-0.25, -0.2) is 9.98 Å². The van der Waals surface area contributed by atoms with Crippen LogP contribution in [0.4, 0.5) is 5.82 Å². The van der Waals surface area contributed by atoms with Crippen molar-refractivity contribution in [3.63, 3.8) is 0 Å². The number of pyridine rings is 1. The van der Waals surface area contributed by atoms with E-state index in [2.05, 4.69) is 38.5 Å². The quantitative estimate of drug-likeness (QED) is 0.427. The molecule has 0 atom stereocenters. The first-order valence-electron chi connectivity index (χ1n) is 9.75. The Bertz CT molecular complexity index is 714. The molecule has 1 saturated heterocycles. The molecule has 2 aromatic rings. The maximum absolute atomic E-state index is 5.71. The van der Waals surface area contributed by atoms with Crippen molar-refractivity contribution in [3.05, 3.63) is 54.2 Å². The van der Waals surface area contributed by atoms with E-state index >= 15 is 0 Å². The minimum Gasteiger partial charge on any atom is -0.492 e. The summed E-state index contributed by atoms with van der Waals surface area (Å²) in [6, 6.07) is 14.0. The van der Waals surface area contributed by atoms with Crippen molar-refractivity contribution >= 4 is 11.8 Å². The number of nitrogens with zero attached hydrogens (tertiary/aromatic N) is 3. The number of para-hydroxylation sites is 1. The second-order valence-electron chi connectivity index (χ2n) is 6.50. The summed E-state index contributed by atoms with van der Waals surface area (Å²) >= 11 is 0. The first kappa shape index (κ1) is 19.0. The van der Waals surface area contributed by atoms with Gasteiger partial charge in [-0.15, -0.1) is 0 Å². The number of guanidine groups is 1. The predicted molar refractivity (Wildman–Crippen MR) is 110 cm³/mol. The highest BCUT2D eigenvalue weighted by atomic mass is 16.5. The SMILES string of the molecule is CCNC(=NCc1ccnc(N2CCCC2)c1)NCCOc1ccccc1. The molecule has 0 aliphatic carbocycles. The Morgan fingerprint density at radius 2 is 1.96 bits per heavy atom. The monoisotopic (exact) mass is 367 g/mol. The van der Waals surface area contributed by atoms with Crippen molar-refractivity contribution in [3.8, 4) is 5.75 Å². The highest BCUT2D eigenvalue weighted by Crippen LogP contribution is 2.18. The van der Waals surface area contributed by atoms with Gasteiger partial charge in [-0.3, -0.25) is 0 Å². The highest BCUT2D eigenvalue weighted by molar-refractivity contribution is 5.79. The number of anilines is 1. The number of aromatic nitrogens is 1. The van der Waals surface area contributed by atoms with Crippen molar-refractivity contribution < 1.29 is 4.74 Å². The fourth-order valence-electron chi connectivity index (χ4n) is 3.05. The topological polar surface area (TPSA) is 61.8 Å². The molecule has 144 valence electrons. The third-order valence-electron chi connectivity index (χ3n) is 4.41. The molecule has 1 aliphatic heterocycles. The minimum atomic E-state index is 0.586. The normalized spacial score (nSPS) is 14.3. The molecule has 0 unspecified atom stereocenters. The van der Waals surface area contributed by atoms with E-state index in [-0.39, 0.29) is 0 Å². The van der Waals surface area contributed by atoms with E-state index in [9.17, 15) is 0 Å². The summed E-state index contributed by atoms with van der Waals surface area (Å²) in [5, 5.41) is 6.60. The van der Waals surface area contributed by atoms with E-state index in [4.69, 9.17) is 4.74 Å². The Morgan fingerprint density at radius 3 is 2.74 bits per heavy atom. The zero-order valence-corrected chi connectivity index (χ0v) is 16.0. The van der Waals surface area contributed by atoms with Crippen LogP contribution in [0, 0.1) is 0 Å². The van der Waals surface area contributed by atoms with Crippen LogP contribution in [0.5, 0.6) is 5.75 Å². The van der Waals surface area contributed by atoms with Crippen LogP contribution in [0.15, 0.2) is 53.7 Å². The van der Waals surface area contributed by atoms with Crippen LogP contribution in [0.2, 0.25) is 0 Å². The molecule has 0 amide bonds. The average Bonchev–Trinajstić information content (AvgIpc) is 3.25. The Kier molecular flexibility index (Phi) is 7.33. The van der Waals surface area contributed by atoms with Crippen LogP contribution in [0.25, 0.3) is 0 Å². The van der Waals surface area contributed by atoms with Crippen molar-refractivity contribution in [1.82, 2.24) is 15.6 Å². The molecule has 1 fully saturated rings. The Labute approximate surface area is 161 Å². The van der Waals surface area contributed by atoms with Crippen LogP contribution in [0.1, 0.15) is 25.3 Å². The first-order valence-corrected chi connectivity index (χ1v) is 9.75. The largest absolute Gasteiger partial charge is 0.492 e. The van der Waals surface area contributed by atoms with Crippen LogP contribution in [0.3, 0.4) is 0 Å². The second-order valence-corrected chi connectivity index (χ2v) is 6.50. The van der Waals surface area contributed by atoms with Crippen molar-refractivity contribution in [1.29, 1.82) is 0 Å². The molecule has 6 nitrogen and oxygen atoms in total. The zero-order valence-electron chi connectivity index (χ0n) is 16.0. The molecule has 3 rings (SSSR count). The maximum Gasteiger partial charge on any atom is 0.191 e. The number of nitrogens with one attached hydrogen (secondary N) is 2. The standard InChI is InChI=1S/C21H29N5O/c1-2-22-21(24-12-15-27-19-8-4-3-5-9-19)25-17-18-10-11-23-20(16-18)26-13-6-7-14-26/h3-5,8-11,16H,2,6-7,12-15,17H2,1H3,(H2,22,24,25). The summed E-state index contributed by atoms with van der Waals surface area (Å²) in [5.41, 5.74) is 1.17. The lowest BCUT2D eigenvalue weighted by Gasteiger charge is -2.16. The second kappa shape index (κ2) is 10.4. The molecular formula is C21H29N5O. The van der Waals surface area contributed by atoms with Gasteiger partial charge in [0, 0.05) is 25.8 Å². The molecular weight excluding hydrogens is 338 g/mol. The van der Waals surface area contributed by atoms with Crippen LogP contribution < -0.4 is 20.3 Å². The van der Waals surface area contributed by atoms with Gasteiger partial charge in [0.1, 0.15) is 18.2 Å². The summed E-state index contributed by atoms with van der Waals surface area (Å²) in [7, 11) is 0. The van der Waals surface area contributed by atoms with Crippen molar-refractivity contribution in [2.75, 3.05) is 37.7 Å². The average molecular weight is 367 g/mol. The lowest BCUT2D eigenvalue weighted by atomic mass is 10.2. The number of rotatable bonds is 8. The Hall–Kier alpha value is -2.76. The highest BCUT2D eigenvalue weighted by Gasteiger charge is 2.13. The lowest BCUT2D eigenvalue weighted by molar-refractivity contribution is 0.322. The predicted octanol–water partition coefficient (Wildman–Crippen LogP) is 2.82. The molecule has 0 radical (unpaired) electrons. The molecule has 1 aromatic carbocycles. The van der Waals surface area contributed by atoms with Gasteiger partial charge in [-0.05, 0) is 49.6 Å². The molecule has 0 saturated carbocycles. The number of benzene rings is 1. The summed E-state index contributed by atoms with van der Waals surface area (Å²) in [6.45, 7) is 6.99. The summed E-state index contributed by atoms with van der Waals surface area (Å²) in [6.07, 6.45) is 4.39. The number of hydrogen-bond acceptors (Lipinski definition) is 4. The fraction of sp³-hybridized carbons (Fsp3) is 0.429. The molecule has 0 spiro atoms. The number of ether oxygens (including phenoxy) is 1. The van der Waals surface area contributed by atoms with E-state index in [1.807, 2.05) is 42.6 Å². The lowest BCUT2D eigenvalue weighted by Crippen LogP contribution is -2.39. The summed E-state index contributed by atoms with van der Waals surface area (Å²) in [4.78, 5) is 11.5. The zero-order chi connectivity index (χ0) is 18.7. The molecule has 2 N–H and O–H groups in total. The van der Waals surface area contributed by atoms with Gasteiger partial charge in [-0.2, -0.15) is 0 Å². The molecule has 0 bridgehead atoms. The van der Waals surface area contributed by atoms with Gasteiger partial charge in [0.05, 0.1) is 13.1 Å². The van der Waals surface area contributed by atoms with Crippen LogP contribution in [-0.4, -0.2) is 43.7 Å². The third kappa shape index (κ3) is 6.16. The minimum absolute atomic E-state index is 0.586. The van der Waals surface area contributed by atoms with Gasteiger partial charge >= 0.3 is 0 Å². The Morgan fingerprint density at radius 1 is 1.15 bits per heavy atom. The third-order valence-corrected chi connectivity index (χ3v) is 4.41. The van der Waals surface area contributed by atoms with E-state index in [0.29, 0.717) is 19.7 Å². The summed E-state index contributed by atoms with van der Waals surface area (Å²) < 4.78 is 5.71. The van der Waals surface area contributed by atoms with E-state index in [1.165, 1.54) is 18.4 Å². The van der Waals surface area contributed by atoms with E-state index < -0.39 is 0 Å². The number of aliphatic imine (C=N–C) groups is 1. The van der Waals surface area contributed by atoms with Gasteiger partial charge < -0.3 is 20.3 Å². The van der Waals surface area contributed by atoms with Crippen LogP contribution in [-0.2, 0) is 6.54 Å². The molecule has 1 aliphatic rings. The van der Waals surface area contributed by atoms with E-state index in [1.54, 1.807) is 0 Å². The summed E-state index contributed by atoms with van der Waals surface area (Å²) in [5.74, 6) is 2.75. The van der Waals surface area contributed by atoms with Gasteiger partial charge in [0.25, 0.3) is 0 Å². The van der Waals surface area contributed by atoms with Crippen molar-refractivity contribution in [2.45, 2.75) is 26.3 Å². The number of hydrogen-bond donors (Lipinski definition) is 2. The van der Waals surface area contributed by atoms with Gasteiger partial charge in [-0.1, -0.05) is 18.2 Å². The molecule has 6 heteroatoms.